The van der Waals surface area contributed by atoms with Gasteiger partial charge in [-0.1, -0.05) is 54.6 Å². The zero-order valence-corrected chi connectivity index (χ0v) is 20.6. The molecule has 7 heteroatoms. The Balaban J connectivity index is 1.75. The average Bonchev–Trinajstić information content (AvgIpc) is 2.78. The number of alkyl halides is 3. The molecule has 35 heavy (non-hydrogen) atoms. The fraction of sp³-hybridized carbons (Fsp3) is 0.393. The standard InChI is InChI=1S/C28H32F3NO3/c1-20(24-16-8-13-22-12-5-6-15-25(22)24)32(26(33)35-27(2,3)4)17-9-11-21-10-7-14-23(18-21)34-19-28(29,30)31/h5-8,10,12-16,18,20H,9,11,17,19H2,1-4H3/t20-/m1/s1. The summed E-state index contributed by atoms with van der Waals surface area (Å²) in [5.41, 5.74) is 1.22. The van der Waals surface area contributed by atoms with Crippen LogP contribution in [0.15, 0.2) is 66.7 Å². The molecule has 0 saturated carbocycles. The molecule has 1 atom stereocenters. The predicted octanol–water partition coefficient (Wildman–Crippen LogP) is 7.71. The Kier molecular flexibility index (Phi) is 8.30. The quantitative estimate of drug-likeness (QED) is 0.327. The van der Waals surface area contributed by atoms with E-state index in [4.69, 9.17) is 9.47 Å². The van der Waals surface area contributed by atoms with Crippen LogP contribution < -0.4 is 4.74 Å². The first kappa shape index (κ1) is 26.4. The first-order valence-corrected chi connectivity index (χ1v) is 11.7. The van der Waals surface area contributed by atoms with Crippen molar-refractivity contribution < 1.29 is 27.4 Å². The maximum Gasteiger partial charge on any atom is 0.422 e. The second-order valence-corrected chi connectivity index (χ2v) is 9.57. The van der Waals surface area contributed by atoms with E-state index >= 15 is 0 Å². The van der Waals surface area contributed by atoms with Gasteiger partial charge in [0.25, 0.3) is 0 Å². The van der Waals surface area contributed by atoms with Crippen molar-refractivity contribution in [2.24, 2.45) is 0 Å². The van der Waals surface area contributed by atoms with Gasteiger partial charge in [-0.2, -0.15) is 13.2 Å². The Morgan fingerprint density at radius 2 is 1.66 bits per heavy atom. The summed E-state index contributed by atoms with van der Waals surface area (Å²) in [5.74, 6) is 0.174. The molecule has 0 unspecified atom stereocenters. The lowest BCUT2D eigenvalue weighted by Gasteiger charge is -2.32. The number of carbonyl (C=O) groups is 1. The van der Waals surface area contributed by atoms with Crippen LogP contribution >= 0.6 is 0 Å². The monoisotopic (exact) mass is 487 g/mol. The van der Waals surface area contributed by atoms with Crippen molar-refractivity contribution in [3.05, 3.63) is 77.9 Å². The van der Waals surface area contributed by atoms with Gasteiger partial charge in [0.15, 0.2) is 6.61 Å². The van der Waals surface area contributed by atoms with Crippen LogP contribution in [0.1, 0.15) is 51.3 Å². The molecule has 4 nitrogen and oxygen atoms in total. The summed E-state index contributed by atoms with van der Waals surface area (Å²) in [7, 11) is 0. The number of hydrogen-bond acceptors (Lipinski definition) is 3. The molecule has 0 N–H and O–H groups in total. The number of carbonyl (C=O) groups excluding carboxylic acids is 1. The van der Waals surface area contributed by atoms with E-state index < -0.39 is 24.5 Å². The molecule has 0 bridgehead atoms. The van der Waals surface area contributed by atoms with E-state index in [0.29, 0.717) is 19.4 Å². The lowest BCUT2D eigenvalue weighted by molar-refractivity contribution is -0.153. The summed E-state index contributed by atoms with van der Waals surface area (Å²) in [5, 5.41) is 2.17. The minimum Gasteiger partial charge on any atom is -0.484 e. The molecule has 3 aromatic carbocycles. The Hall–Kier alpha value is -3.22. The van der Waals surface area contributed by atoms with Crippen molar-refractivity contribution in [3.8, 4) is 5.75 Å². The van der Waals surface area contributed by atoms with Crippen LogP contribution in [0.5, 0.6) is 5.75 Å². The number of ether oxygens (including phenoxy) is 2. The summed E-state index contributed by atoms with van der Waals surface area (Å²) in [6.07, 6.45) is -3.61. The molecule has 0 fully saturated rings. The summed E-state index contributed by atoms with van der Waals surface area (Å²) >= 11 is 0. The molecular formula is C28H32F3NO3. The Bertz CT molecular complexity index is 1130. The highest BCUT2D eigenvalue weighted by Crippen LogP contribution is 2.30. The number of halogens is 3. The van der Waals surface area contributed by atoms with Crippen LogP contribution in [0.4, 0.5) is 18.0 Å². The molecule has 188 valence electrons. The third-order valence-corrected chi connectivity index (χ3v) is 5.53. The fourth-order valence-electron chi connectivity index (χ4n) is 3.96. The summed E-state index contributed by atoms with van der Waals surface area (Å²) < 4.78 is 48.0. The van der Waals surface area contributed by atoms with Crippen molar-refractivity contribution in [3.63, 3.8) is 0 Å². The number of benzene rings is 3. The first-order chi connectivity index (χ1) is 16.4. The Morgan fingerprint density at radius 1 is 0.971 bits per heavy atom. The number of fused-ring (bicyclic) bond motifs is 1. The lowest BCUT2D eigenvalue weighted by Crippen LogP contribution is -2.39. The summed E-state index contributed by atoms with van der Waals surface area (Å²) in [6, 6.07) is 20.5. The molecule has 3 aromatic rings. The van der Waals surface area contributed by atoms with Crippen LogP contribution in [-0.4, -0.2) is 35.9 Å². The smallest absolute Gasteiger partial charge is 0.422 e. The molecular weight excluding hydrogens is 455 g/mol. The van der Waals surface area contributed by atoms with Crippen LogP contribution in [0.2, 0.25) is 0 Å². The molecule has 0 saturated heterocycles. The zero-order valence-electron chi connectivity index (χ0n) is 20.6. The highest BCUT2D eigenvalue weighted by molar-refractivity contribution is 5.86. The van der Waals surface area contributed by atoms with Crippen molar-refractivity contribution in [1.29, 1.82) is 0 Å². The number of hydrogen-bond donors (Lipinski definition) is 0. The zero-order chi connectivity index (χ0) is 25.6. The maximum atomic E-state index is 13.2. The molecule has 1 amide bonds. The predicted molar refractivity (Wildman–Crippen MR) is 132 cm³/mol. The van der Waals surface area contributed by atoms with Crippen LogP contribution in [0, 0.1) is 0 Å². The van der Waals surface area contributed by atoms with E-state index in [1.807, 2.05) is 76.2 Å². The first-order valence-electron chi connectivity index (χ1n) is 11.7. The van der Waals surface area contributed by atoms with E-state index in [0.717, 1.165) is 21.9 Å². The van der Waals surface area contributed by atoms with Gasteiger partial charge in [-0.05, 0) is 74.6 Å². The molecule has 0 aliphatic rings. The van der Waals surface area contributed by atoms with Gasteiger partial charge in [0.2, 0.25) is 0 Å². The minimum atomic E-state index is -4.39. The second kappa shape index (κ2) is 11.0. The summed E-state index contributed by atoms with van der Waals surface area (Å²) in [4.78, 5) is 14.9. The SMILES string of the molecule is C[C@H](c1cccc2ccccc12)N(CCCc1cccc(OCC(F)(F)F)c1)C(=O)OC(C)(C)C. The molecule has 0 aliphatic carbocycles. The van der Waals surface area contributed by atoms with Crippen LogP contribution in [-0.2, 0) is 11.2 Å². The van der Waals surface area contributed by atoms with Gasteiger partial charge in [-0.3, -0.25) is 0 Å². The molecule has 0 heterocycles. The number of aryl methyl sites for hydroxylation is 1. The molecule has 3 rings (SSSR count). The normalized spacial score (nSPS) is 12.9. The number of amides is 1. The topological polar surface area (TPSA) is 38.8 Å². The molecule has 0 aliphatic heterocycles. The van der Waals surface area contributed by atoms with Gasteiger partial charge in [-0.15, -0.1) is 0 Å². The molecule has 0 spiro atoms. The molecule has 0 radical (unpaired) electrons. The average molecular weight is 488 g/mol. The van der Waals surface area contributed by atoms with Gasteiger partial charge < -0.3 is 14.4 Å². The van der Waals surface area contributed by atoms with Crippen molar-refractivity contribution >= 4 is 16.9 Å². The van der Waals surface area contributed by atoms with E-state index in [9.17, 15) is 18.0 Å². The molecule has 0 aromatic heterocycles. The van der Waals surface area contributed by atoms with Gasteiger partial charge >= 0.3 is 12.3 Å². The highest BCUT2D eigenvalue weighted by atomic mass is 19.4. The summed E-state index contributed by atoms with van der Waals surface area (Å²) in [6.45, 7) is 6.57. The van der Waals surface area contributed by atoms with Gasteiger partial charge in [0.05, 0.1) is 6.04 Å². The Labute approximate surface area is 204 Å². The van der Waals surface area contributed by atoms with Crippen LogP contribution in [0.25, 0.3) is 10.8 Å². The number of nitrogens with zero attached hydrogens (tertiary/aromatic N) is 1. The second-order valence-electron chi connectivity index (χ2n) is 9.57. The fourth-order valence-corrected chi connectivity index (χ4v) is 3.96. The van der Waals surface area contributed by atoms with E-state index in [1.54, 1.807) is 17.0 Å². The third-order valence-electron chi connectivity index (χ3n) is 5.53. The largest absolute Gasteiger partial charge is 0.484 e. The number of rotatable bonds is 8. The van der Waals surface area contributed by atoms with Crippen molar-refractivity contribution in [2.75, 3.05) is 13.2 Å². The van der Waals surface area contributed by atoms with Gasteiger partial charge in [0, 0.05) is 6.54 Å². The lowest BCUT2D eigenvalue weighted by atomic mass is 9.98. The third kappa shape index (κ3) is 7.91. The maximum absolute atomic E-state index is 13.2. The van der Waals surface area contributed by atoms with Gasteiger partial charge in [0.1, 0.15) is 11.4 Å². The van der Waals surface area contributed by atoms with E-state index in [1.165, 1.54) is 6.07 Å². The highest BCUT2D eigenvalue weighted by Gasteiger charge is 2.29. The van der Waals surface area contributed by atoms with Crippen molar-refractivity contribution in [1.82, 2.24) is 4.90 Å². The van der Waals surface area contributed by atoms with Gasteiger partial charge in [-0.25, -0.2) is 4.79 Å². The van der Waals surface area contributed by atoms with Crippen LogP contribution in [0.3, 0.4) is 0 Å². The van der Waals surface area contributed by atoms with E-state index in [2.05, 4.69) is 0 Å². The minimum absolute atomic E-state index is 0.174. The Morgan fingerprint density at radius 3 is 2.37 bits per heavy atom. The van der Waals surface area contributed by atoms with Crippen molar-refractivity contribution in [2.45, 2.75) is 58.4 Å². The van der Waals surface area contributed by atoms with E-state index in [-0.39, 0.29) is 11.8 Å².